The zero-order valence-electron chi connectivity index (χ0n) is 15.3. The van der Waals surface area contributed by atoms with Crippen molar-refractivity contribution in [1.82, 2.24) is 4.98 Å². The Morgan fingerprint density at radius 1 is 1.25 bits per heavy atom. The molecule has 0 aromatic carbocycles. The summed E-state index contributed by atoms with van der Waals surface area (Å²) in [6.45, 7) is 8.27. The Morgan fingerprint density at radius 2 is 2.00 bits per heavy atom. The normalized spacial score (nSPS) is 31.1. The molecule has 5 nitrogen and oxygen atoms in total. The molecule has 1 aromatic heterocycles. The molecule has 2 atom stereocenters. The van der Waals surface area contributed by atoms with Crippen molar-refractivity contribution in [3.05, 3.63) is 17.8 Å². The van der Waals surface area contributed by atoms with E-state index in [4.69, 9.17) is 15.5 Å². The second kappa shape index (κ2) is 7.70. The van der Waals surface area contributed by atoms with Crippen LogP contribution in [0.5, 0.6) is 0 Å². The number of nitrogens with two attached hydrogens (primary N) is 1. The summed E-state index contributed by atoms with van der Waals surface area (Å²) in [7, 11) is 0. The number of aromatic nitrogens is 1. The quantitative estimate of drug-likeness (QED) is 0.887. The van der Waals surface area contributed by atoms with Crippen LogP contribution in [0.2, 0.25) is 0 Å². The van der Waals surface area contributed by atoms with E-state index >= 15 is 0 Å². The molecule has 0 spiro atoms. The fourth-order valence-electron chi connectivity index (χ4n) is 3.82. The van der Waals surface area contributed by atoms with Gasteiger partial charge in [0.05, 0.1) is 23.6 Å². The minimum Gasteiger partial charge on any atom is -0.381 e. The molecule has 2 heterocycles. The summed E-state index contributed by atoms with van der Waals surface area (Å²) in [4.78, 5) is 7.22. The van der Waals surface area contributed by atoms with Gasteiger partial charge < -0.3 is 20.7 Å². The molecule has 1 aromatic rings. The molecular formula is C19H32N4O. The number of hydrogen-bond donors (Lipinski definition) is 2. The van der Waals surface area contributed by atoms with Crippen molar-refractivity contribution in [2.45, 2.75) is 77.2 Å². The van der Waals surface area contributed by atoms with E-state index in [2.05, 4.69) is 43.1 Å². The number of anilines is 2. The van der Waals surface area contributed by atoms with E-state index < -0.39 is 0 Å². The minimum absolute atomic E-state index is 0.259. The Hall–Kier alpha value is -1.33. The lowest BCUT2D eigenvalue weighted by Crippen LogP contribution is -2.46. The van der Waals surface area contributed by atoms with Crippen molar-refractivity contribution < 1.29 is 4.74 Å². The fraction of sp³-hybridized carbons (Fsp3) is 0.737. The second-order valence-corrected chi connectivity index (χ2v) is 7.44. The van der Waals surface area contributed by atoms with Crippen LogP contribution in [0.1, 0.15) is 51.6 Å². The SMILES string of the molecule is CC[C@@H]1CN(c2ccc(NC3CCC(N)CC3)c(C)n2)C[C@@H](C)O1. The summed E-state index contributed by atoms with van der Waals surface area (Å²) in [5, 5.41) is 3.67. The number of hydrogen-bond acceptors (Lipinski definition) is 5. The zero-order valence-corrected chi connectivity index (χ0v) is 15.3. The van der Waals surface area contributed by atoms with Crippen LogP contribution < -0.4 is 16.0 Å². The molecule has 1 saturated heterocycles. The monoisotopic (exact) mass is 332 g/mol. The average molecular weight is 332 g/mol. The van der Waals surface area contributed by atoms with Gasteiger partial charge in [-0.05, 0) is 58.1 Å². The maximum atomic E-state index is 6.00. The van der Waals surface area contributed by atoms with Crippen LogP contribution in [0.25, 0.3) is 0 Å². The average Bonchev–Trinajstić information content (AvgIpc) is 2.58. The highest BCUT2D eigenvalue weighted by atomic mass is 16.5. The smallest absolute Gasteiger partial charge is 0.129 e. The molecule has 0 amide bonds. The molecule has 0 unspecified atom stereocenters. The molecule has 0 bridgehead atoms. The van der Waals surface area contributed by atoms with Crippen molar-refractivity contribution in [2.75, 3.05) is 23.3 Å². The zero-order chi connectivity index (χ0) is 17.1. The standard InChI is InChI=1S/C19H32N4O/c1-4-17-12-23(11-13(2)24-17)19-10-9-18(14(3)21-19)22-16-7-5-15(20)6-8-16/h9-10,13,15-17,22H,4-8,11-12,20H2,1-3H3/t13-,15?,16?,17-/m1/s1. The summed E-state index contributed by atoms with van der Waals surface area (Å²) >= 11 is 0. The van der Waals surface area contributed by atoms with Gasteiger partial charge in [-0.1, -0.05) is 6.92 Å². The van der Waals surface area contributed by atoms with Crippen molar-refractivity contribution in [2.24, 2.45) is 5.73 Å². The van der Waals surface area contributed by atoms with Crippen LogP contribution in [0.15, 0.2) is 12.1 Å². The molecule has 5 heteroatoms. The van der Waals surface area contributed by atoms with Gasteiger partial charge in [0.15, 0.2) is 0 Å². The molecule has 2 aliphatic rings. The van der Waals surface area contributed by atoms with Gasteiger partial charge in [0.1, 0.15) is 5.82 Å². The van der Waals surface area contributed by atoms with Gasteiger partial charge in [0.2, 0.25) is 0 Å². The van der Waals surface area contributed by atoms with E-state index in [-0.39, 0.29) is 6.10 Å². The van der Waals surface area contributed by atoms with Crippen molar-refractivity contribution in [1.29, 1.82) is 0 Å². The molecule has 134 valence electrons. The van der Waals surface area contributed by atoms with Crippen molar-refractivity contribution >= 4 is 11.5 Å². The molecule has 0 radical (unpaired) electrons. The highest BCUT2D eigenvalue weighted by Crippen LogP contribution is 2.26. The summed E-state index contributed by atoms with van der Waals surface area (Å²) in [5.74, 6) is 1.07. The Labute approximate surface area is 146 Å². The van der Waals surface area contributed by atoms with Gasteiger partial charge in [0.25, 0.3) is 0 Å². The molecule has 3 rings (SSSR count). The van der Waals surface area contributed by atoms with Crippen LogP contribution >= 0.6 is 0 Å². The Bertz CT molecular complexity index is 542. The first-order valence-electron chi connectivity index (χ1n) is 9.45. The summed E-state index contributed by atoms with van der Waals surface area (Å²) in [6.07, 6.45) is 6.15. The van der Waals surface area contributed by atoms with Crippen LogP contribution in [0.3, 0.4) is 0 Å². The highest BCUT2D eigenvalue weighted by molar-refractivity contribution is 5.54. The second-order valence-electron chi connectivity index (χ2n) is 7.44. The van der Waals surface area contributed by atoms with Gasteiger partial charge in [-0.3, -0.25) is 0 Å². The number of aryl methyl sites for hydroxylation is 1. The lowest BCUT2D eigenvalue weighted by Gasteiger charge is -2.37. The van der Waals surface area contributed by atoms with Crippen LogP contribution in [0, 0.1) is 6.92 Å². The van der Waals surface area contributed by atoms with Gasteiger partial charge in [0, 0.05) is 25.2 Å². The molecule has 2 fully saturated rings. The molecule has 1 aliphatic heterocycles. The summed E-state index contributed by atoms with van der Waals surface area (Å²) in [5.41, 5.74) is 8.24. The van der Waals surface area contributed by atoms with E-state index in [1.165, 1.54) is 0 Å². The third-order valence-corrected chi connectivity index (χ3v) is 5.31. The van der Waals surface area contributed by atoms with Crippen LogP contribution in [-0.2, 0) is 4.74 Å². The number of nitrogens with zero attached hydrogens (tertiary/aromatic N) is 2. The Balaban J connectivity index is 1.66. The van der Waals surface area contributed by atoms with Gasteiger partial charge in [-0.2, -0.15) is 0 Å². The van der Waals surface area contributed by atoms with Crippen molar-refractivity contribution in [3.8, 4) is 0 Å². The topological polar surface area (TPSA) is 63.4 Å². The lowest BCUT2D eigenvalue weighted by molar-refractivity contribution is -0.0174. The van der Waals surface area contributed by atoms with E-state index in [9.17, 15) is 0 Å². The van der Waals surface area contributed by atoms with Gasteiger partial charge >= 0.3 is 0 Å². The highest BCUT2D eigenvalue weighted by Gasteiger charge is 2.25. The molecule has 1 aliphatic carbocycles. The Kier molecular flexibility index (Phi) is 5.61. The van der Waals surface area contributed by atoms with E-state index in [0.717, 1.165) is 62.4 Å². The van der Waals surface area contributed by atoms with E-state index in [0.29, 0.717) is 18.2 Å². The number of morpholine rings is 1. The maximum absolute atomic E-state index is 6.00. The number of pyridine rings is 1. The van der Waals surface area contributed by atoms with E-state index in [1.54, 1.807) is 0 Å². The third-order valence-electron chi connectivity index (χ3n) is 5.31. The Morgan fingerprint density at radius 3 is 2.67 bits per heavy atom. The molecular weight excluding hydrogens is 300 g/mol. The minimum atomic E-state index is 0.259. The predicted octanol–water partition coefficient (Wildman–Crippen LogP) is 3.08. The molecule has 24 heavy (non-hydrogen) atoms. The predicted molar refractivity (Wildman–Crippen MR) is 99.7 cm³/mol. The molecule has 1 saturated carbocycles. The van der Waals surface area contributed by atoms with Gasteiger partial charge in [-0.15, -0.1) is 0 Å². The maximum Gasteiger partial charge on any atom is 0.129 e. The number of rotatable bonds is 4. The largest absolute Gasteiger partial charge is 0.381 e. The first-order chi connectivity index (χ1) is 11.5. The van der Waals surface area contributed by atoms with E-state index in [1.807, 2.05) is 0 Å². The van der Waals surface area contributed by atoms with Gasteiger partial charge in [-0.25, -0.2) is 4.98 Å². The van der Waals surface area contributed by atoms with Crippen LogP contribution in [0.4, 0.5) is 11.5 Å². The number of ether oxygens (including phenoxy) is 1. The molecule has 3 N–H and O–H groups in total. The third kappa shape index (κ3) is 4.19. The first kappa shape index (κ1) is 17.5. The number of nitrogens with one attached hydrogen (secondary N) is 1. The lowest BCUT2D eigenvalue weighted by atomic mass is 9.91. The van der Waals surface area contributed by atoms with Crippen molar-refractivity contribution in [3.63, 3.8) is 0 Å². The first-order valence-corrected chi connectivity index (χ1v) is 9.45. The summed E-state index contributed by atoms with van der Waals surface area (Å²) in [6, 6.07) is 5.26. The summed E-state index contributed by atoms with van der Waals surface area (Å²) < 4.78 is 5.96. The fourth-order valence-corrected chi connectivity index (χ4v) is 3.82. The van der Waals surface area contributed by atoms with Crippen LogP contribution in [-0.4, -0.2) is 42.4 Å².